The lowest BCUT2D eigenvalue weighted by atomic mass is 10.0. The smallest absolute Gasteiger partial charge is 0.261 e. The Balaban J connectivity index is 1.62. The molecule has 0 unspecified atom stereocenters. The largest absolute Gasteiger partial charge is 0.488 e. The van der Waals surface area contributed by atoms with E-state index in [9.17, 15) is 23.1 Å². The van der Waals surface area contributed by atoms with E-state index in [0.29, 0.717) is 17.0 Å². The maximum atomic E-state index is 13.4. The molecule has 220 valence electrons. The summed E-state index contributed by atoms with van der Waals surface area (Å²) in [5.41, 5.74) is 1.94. The molecule has 1 aliphatic rings. The Bertz CT molecular complexity index is 1480. The van der Waals surface area contributed by atoms with Crippen LogP contribution in [0.15, 0.2) is 66.1 Å². The normalized spacial score (nSPS) is 18.6. The number of hydrogen-bond donors (Lipinski definition) is 2. The van der Waals surface area contributed by atoms with E-state index in [1.165, 1.54) is 23.9 Å². The molecule has 0 radical (unpaired) electrons. The molecule has 1 aliphatic heterocycles. The van der Waals surface area contributed by atoms with Crippen molar-refractivity contribution in [3.05, 3.63) is 72.2 Å². The number of likely N-dealkylation sites (N-methyl/N-ethyl adjacent to an activating group) is 1. The van der Waals surface area contributed by atoms with Crippen LogP contribution in [0.3, 0.4) is 0 Å². The molecule has 2 N–H and O–H groups in total. The van der Waals surface area contributed by atoms with Crippen molar-refractivity contribution in [2.45, 2.75) is 43.9 Å². The van der Waals surface area contributed by atoms with Crippen LogP contribution in [0.5, 0.6) is 5.75 Å². The number of amides is 2. The molecule has 12 heteroatoms. The molecule has 2 heterocycles. The number of ether oxygens (including phenoxy) is 1. The van der Waals surface area contributed by atoms with Gasteiger partial charge in [0.15, 0.2) is 5.03 Å². The van der Waals surface area contributed by atoms with E-state index in [4.69, 9.17) is 4.74 Å². The van der Waals surface area contributed by atoms with E-state index in [-0.39, 0.29) is 55.3 Å². The van der Waals surface area contributed by atoms with Crippen molar-refractivity contribution in [1.29, 1.82) is 0 Å². The van der Waals surface area contributed by atoms with Gasteiger partial charge in [-0.25, -0.2) is 13.4 Å². The number of aliphatic hydroxyl groups is 1. The first kappa shape index (κ1) is 30.2. The summed E-state index contributed by atoms with van der Waals surface area (Å²) in [6, 6.07) is 14.0. The summed E-state index contributed by atoms with van der Waals surface area (Å²) in [7, 11) is -0.723. The maximum absolute atomic E-state index is 13.4. The van der Waals surface area contributed by atoms with Crippen molar-refractivity contribution in [3.63, 3.8) is 0 Å². The van der Waals surface area contributed by atoms with E-state index >= 15 is 0 Å². The molecule has 2 aromatic carbocycles. The maximum Gasteiger partial charge on any atom is 0.261 e. The second kappa shape index (κ2) is 12.8. The summed E-state index contributed by atoms with van der Waals surface area (Å²) >= 11 is 0. The Morgan fingerprint density at radius 3 is 2.63 bits per heavy atom. The molecule has 3 aromatic rings. The molecule has 0 aliphatic carbocycles. The van der Waals surface area contributed by atoms with Crippen molar-refractivity contribution in [2.24, 2.45) is 13.0 Å². The number of imidazole rings is 1. The number of aromatic nitrogens is 2. The van der Waals surface area contributed by atoms with Gasteiger partial charge < -0.3 is 24.6 Å². The lowest BCUT2D eigenvalue weighted by Gasteiger charge is -2.33. The van der Waals surface area contributed by atoms with Crippen LogP contribution in [-0.4, -0.2) is 83.0 Å². The minimum absolute atomic E-state index is 0.00458. The third kappa shape index (κ3) is 7.32. The van der Waals surface area contributed by atoms with Gasteiger partial charge in [0.05, 0.1) is 38.4 Å². The number of nitrogens with zero attached hydrogens (tertiary/aromatic N) is 4. The zero-order chi connectivity index (χ0) is 29.7. The number of anilines is 1. The van der Waals surface area contributed by atoms with Crippen LogP contribution in [0.1, 0.15) is 25.0 Å². The van der Waals surface area contributed by atoms with Crippen LogP contribution >= 0.6 is 0 Å². The fourth-order valence-corrected chi connectivity index (χ4v) is 5.89. The van der Waals surface area contributed by atoms with Crippen molar-refractivity contribution in [1.82, 2.24) is 18.8 Å². The highest BCUT2D eigenvalue weighted by atomic mass is 32.2. The third-order valence-electron chi connectivity index (χ3n) is 7.20. The average Bonchev–Trinajstić information content (AvgIpc) is 3.40. The first-order chi connectivity index (χ1) is 19.5. The first-order valence-electron chi connectivity index (χ1n) is 13.5. The highest BCUT2D eigenvalue weighted by Gasteiger charge is 2.34. The van der Waals surface area contributed by atoms with Gasteiger partial charge in [-0.3, -0.25) is 9.59 Å². The summed E-state index contributed by atoms with van der Waals surface area (Å²) in [5, 5.41) is 12.7. The van der Waals surface area contributed by atoms with Crippen LogP contribution in [-0.2, 0) is 39.5 Å². The fraction of sp³-hybridized carbons (Fsp3) is 0.414. The van der Waals surface area contributed by atoms with E-state index in [2.05, 4.69) is 10.3 Å². The molecule has 41 heavy (non-hydrogen) atoms. The Kier molecular flexibility index (Phi) is 9.46. The molecule has 11 nitrogen and oxygen atoms in total. The SMILES string of the molecule is C[C@H]1CN([C@@H](C)CO)C(=O)Cc2cc(NC(=O)Cc3ccccc3)ccc2O[C@H]1CN(C)S(=O)(=O)c1cn(C)cn1. The van der Waals surface area contributed by atoms with E-state index in [1.807, 2.05) is 37.3 Å². The zero-order valence-corrected chi connectivity index (χ0v) is 24.5. The van der Waals surface area contributed by atoms with Crippen LogP contribution in [0.4, 0.5) is 5.69 Å². The van der Waals surface area contributed by atoms with E-state index in [1.54, 1.807) is 41.6 Å². The molecular formula is C29H37N5O6S. The second-order valence-corrected chi connectivity index (χ2v) is 12.6. The molecular weight excluding hydrogens is 546 g/mol. The number of aryl methyl sites for hydroxylation is 1. The number of carbonyl (C=O) groups excluding carboxylic acids is 2. The van der Waals surface area contributed by atoms with Gasteiger partial charge in [-0.15, -0.1) is 0 Å². The molecule has 3 atom stereocenters. The topological polar surface area (TPSA) is 134 Å². The minimum atomic E-state index is -3.89. The van der Waals surface area contributed by atoms with E-state index < -0.39 is 22.2 Å². The van der Waals surface area contributed by atoms with Gasteiger partial charge in [0, 0.05) is 44.0 Å². The molecule has 2 amide bonds. The summed E-state index contributed by atoms with van der Waals surface area (Å²) in [5.74, 6) is -0.259. The van der Waals surface area contributed by atoms with Crippen molar-refractivity contribution in [3.8, 4) is 5.75 Å². The lowest BCUT2D eigenvalue weighted by molar-refractivity contribution is -0.134. The molecule has 0 spiro atoms. The number of hydrogen-bond acceptors (Lipinski definition) is 7. The van der Waals surface area contributed by atoms with Gasteiger partial charge >= 0.3 is 0 Å². The van der Waals surface area contributed by atoms with Gasteiger partial charge in [-0.05, 0) is 30.7 Å². The minimum Gasteiger partial charge on any atom is -0.488 e. The third-order valence-corrected chi connectivity index (χ3v) is 8.91. The number of aliphatic hydroxyl groups excluding tert-OH is 1. The molecule has 0 saturated carbocycles. The molecule has 4 rings (SSSR count). The Labute approximate surface area is 240 Å². The Morgan fingerprint density at radius 1 is 1.24 bits per heavy atom. The highest BCUT2D eigenvalue weighted by molar-refractivity contribution is 7.89. The van der Waals surface area contributed by atoms with Crippen LogP contribution in [0.2, 0.25) is 0 Å². The van der Waals surface area contributed by atoms with Crippen LogP contribution in [0, 0.1) is 5.92 Å². The van der Waals surface area contributed by atoms with Gasteiger partial charge in [0.1, 0.15) is 11.9 Å². The van der Waals surface area contributed by atoms with Crippen molar-refractivity contribution in [2.75, 3.05) is 32.1 Å². The van der Waals surface area contributed by atoms with E-state index in [0.717, 1.165) is 5.56 Å². The summed E-state index contributed by atoms with van der Waals surface area (Å²) in [6.07, 6.45) is 2.42. The molecule has 1 aromatic heterocycles. The number of fused-ring (bicyclic) bond motifs is 1. The Hall–Kier alpha value is -3.74. The van der Waals surface area contributed by atoms with Gasteiger partial charge in [-0.1, -0.05) is 37.3 Å². The summed E-state index contributed by atoms with van der Waals surface area (Å²) in [6.45, 7) is 3.69. The number of sulfonamides is 1. The highest BCUT2D eigenvalue weighted by Crippen LogP contribution is 2.30. The predicted molar refractivity (Wildman–Crippen MR) is 154 cm³/mol. The van der Waals surface area contributed by atoms with Crippen molar-refractivity contribution >= 4 is 27.5 Å². The molecule has 0 saturated heterocycles. The van der Waals surface area contributed by atoms with Gasteiger partial charge in [0.2, 0.25) is 11.8 Å². The monoisotopic (exact) mass is 583 g/mol. The molecule has 0 fully saturated rings. The number of benzene rings is 2. The predicted octanol–water partition coefficient (Wildman–Crippen LogP) is 2.07. The second-order valence-electron chi connectivity index (χ2n) is 10.6. The number of carbonyl (C=O) groups is 2. The van der Waals surface area contributed by atoms with Gasteiger partial charge in [-0.2, -0.15) is 4.31 Å². The summed E-state index contributed by atoms with van der Waals surface area (Å²) < 4.78 is 35.6. The van der Waals surface area contributed by atoms with Gasteiger partial charge in [0.25, 0.3) is 10.0 Å². The first-order valence-corrected chi connectivity index (χ1v) is 14.9. The lowest BCUT2D eigenvalue weighted by Crippen LogP contribution is -2.48. The number of rotatable bonds is 9. The summed E-state index contributed by atoms with van der Waals surface area (Å²) in [4.78, 5) is 31.7. The fourth-order valence-electron chi connectivity index (χ4n) is 4.74. The average molecular weight is 584 g/mol. The van der Waals surface area contributed by atoms with Crippen LogP contribution < -0.4 is 10.1 Å². The molecule has 0 bridgehead atoms. The quantitative estimate of drug-likeness (QED) is 0.394. The standard InChI is InChI=1S/C29H37N5O6S/c1-20-15-34(21(2)18-35)29(37)14-23-13-24(31-27(36)12-22-8-6-5-7-9-22)10-11-25(23)40-26(20)16-33(4)41(38,39)28-17-32(3)19-30-28/h5-11,13,17,19-21,26,35H,12,14-16,18H2,1-4H3,(H,31,36)/t20-,21-,26-/m0/s1. The Morgan fingerprint density at radius 2 is 1.98 bits per heavy atom. The zero-order valence-electron chi connectivity index (χ0n) is 23.7. The number of nitrogens with one attached hydrogen (secondary N) is 1. The van der Waals surface area contributed by atoms with Crippen molar-refractivity contribution < 1.29 is 27.9 Å². The van der Waals surface area contributed by atoms with Crippen LogP contribution in [0.25, 0.3) is 0 Å².